The fourth-order valence-corrected chi connectivity index (χ4v) is 3.81. The van der Waals surface area contributed by atoms with Gasteiger partial charge in [-0.15, -0.1) is 0 Å². The first kappa shape index (κ1) is 16.3. The summed E-state index contributed by atoms with van der Waals surface area (Å²) in [5.74, 6) is 0. The zero-order valence-corrected chi connectivity index (χ0v) is 15.0. The van der Waals surface area contributed by atoms with Crippen LogP contribution in [0.4, 0.5) is 0 Å². The predicted octanol–water partition coefficient (Wildman–Crippen LogP) is 3.58. The fourth-order valence-electron chi connectivity index (χ4n) is 3.81. The molecule has 2 heterocycles. The Morgan fingerprint density at radius 3 is 2.64 bits per heavy atom. The number of piperidine rings is 1. The van der Waals surface area contributed by atoms with Gasteiger partial charge >= 0.3 is 0 Å². The van der Waals surface area contributed by atoms with Crippen LogP contribution in [0, 0.1) is 5.41 Å². The third kappa shape index (κ3) is 3.20. The second kappa shape index (κ2) is 6.28. The van der Waals surface area contributed by atoms with Gasteiger partial charge in [0.25, 0.3) is 0 Å². The van der Waals surface area contributed by atoms with Gasteiger partial charge in [-0.2, -0.15) is 0 Å². The van der Waals surface area contributed by atoms with Crippen molar-refractivity contribution in [3.05, 3.63) is 60.4 Å². The average molecular weight is 334 g/mol. The Morgan fingerprint density at radius 1 is 1.12 bits per heavy atom. The second-order valence-electron chi connectivity index (χ2n) is 7.86. The Balaban J connectivity index is 1.51. The molecule has 0 bridgehead atoms. The van der Waals surface area contributed by atoms with Crippen molar-refractivity contribution in [1.82, 2.24) is 14.5 Å². The number of nitrogens with two attached hydrogens (primary N) is 1. The van der Waals surface area contributed by atoms with Crippen LogP contribution in [0.2, 0.25) is 0 Å². The summed E-state index contributed by atoms with van der Waals surface area (Å²) >= 11 is 0. The van der Waals surface area contributed by atoms with E-state index in [2.05, 4.69) is 64.7 Å². The molecule has 0 spiro atoms. The number of nitrogens with zero attached hydrogens (tertiary/aromatic N) is 3. The highest BCUT2D eigenvalue weighted by molar-refractivity contribution is 5.77. The fraction of sp³-hybridized carbons (Fsp3) is 0.381. The highest BCUT2D eigenvalue weighted by Crippen LogP contribution is 2.28. The first-order chi connectivity index (χ1) is 12.0. The Labute approximate surface area is 149 Å². The highest BCUT2D eigenvalue weighted by Gasteiger charge is 2.33. The molecule has 4 rings (SSSR count). The third-order valence-corrected chi connectivity index (χ3v) is 5.47. The SMILES string of the molecule is CC1(C)CN(Cc2ccc(-n3cnc4ccccc43)cc2)CCC1N. The molecule has 4 nitrogen and oxygen atoms in total. The smallest absolute Gasteiger partial charge is 0.100 e. The van der Waals surface area contributed by atoms with Gasteiger partial charge in [0.1, 0.15) is 6.33 Å². The third-order valence-electron chi connectivity index (χ3n) is 5.47. The molecule has 1 aliphatic heterocycles. The van der Waals surface area contributed by atoms with Crippen molar-refractivity contribution in [3.8, 4) is 5.69 Å². The average Bonchev–Trinajstić information content (AvgIpc) is 3.03. The summed E-state index contributed by atoms with van der Waals surface area (Å²) in [6, 6.07) is 17.4. The van der Waals surface area contributed by atoms with Gasteiger partial charge in [-0.05, 0) is 41.7 Å². The second-order valence-corrected chi connectivity index (χ2v) is 7.86. The molecule has 0 saturated carbocycles. The maximum atomic E-state index is 6.25. The molecule has 1 unspecified atom stereocenters. The highest BCUT2D eigenvalue weighted by atomic mass is 15.1. The van der Waals surface area contributed by atoms with Crippen molar-refractivity contribution < 1.29 is 0 Å². The van der Waals surface area contributed by atoms with Crippen LogP contribution in [0.15, 0.2) is 54.9 Å². The van der Waals surface area contributed by atoms with Crippen LogP contribution in [0.5, 0.6) is 0 Å². The molecular formula is C21H26N4. The number of para-hydroxylation sites is 2. The molecular weight excluding hydrogens is 308 g/mol. The van der Waals surface area contributed by atoms with Gasteiger partial charge in [0.05, 0.1) is 11.0 Å². The van der Waals surface area contributed by atoms with Crippen molar-refractivity contribution in [1.29, 1.82) is 0 Å². The van der Waals surface area contributed by atoms with Crippen molar-refractivity contribution >= 4 is 11.0 Å². The summed E-state index contributed by atoms with van der Waals surface area (Å²) < 4.78 is 2.14. The Kier molecular flexibility index (Phi) is 4.10. The van der Waals surface area contributed by atoms with Gasteiger partial charge < -0.3 is 5.73 Å². The Morgan fingerprint density at radius 2 is 1.88 bits per heavy atom. The summed E-state index contributed by atoms with van der Waals surface area (Å²) in [4.78, 5) is 7.00. The molecule has 3 aromatic rings. The van der Waals surface area contributed by atoms with Crippen LogP contribution >= 0.6 is 0 Å². The number of likely N-dealkylation sites (tertiary alicyclic amines) is 1. The standard InChI is InChI=1S/C21H26N4/c1-21(2)14-24(12-11-20(21)22)13-16-7-9-17(10-8-16)25-15-23-18-5-3-4-6-19(18)25/h3-10,15,20H,11-14,22H2,1-2H3. The van der Waals surface area contributed by atoms with Crippen molar-refractivity contribution in [2.45, 2.75) is 32.9 Å². The van der Waals surface area contributed by atoms with Crippen LogP contribution in [-0.2, 0) is 6.54 Å². The number of benzene rings is 2. The van der Waals surface area contributed by atoms with Gasteiger partial charge in [-0.3, -0.25) is 9.47 Å². The molecule has 25 heavy (non-hydrogen) atoms. The lowest BCUT2D eigenvalue weighted by atomic mass is 9.79. The minimum Gasteiger partial charge on any atom is -0.327 e. The zero-order chi connectivity index (χ0) is 17.4. The maximum absolute atomic E-state index is 6.25. The molecule has 1 fully saturated rings. The van der Waals surface area contributed by atoms with E-state index in [1.165, 1.54) is 5.56 Å². The summed E-state index contributed by atoms with van der Waals surface area (Å²) in [7, 11) is 0. The van der Waals surface area contributed by atoms with E-state index in [1.54, 1.807) is 0 Å². The van der Waals surface area contributed by atoms with Gasteiger partial charge in [0.15, 0.2) is 0 Å². The first-order valence-electron chi connectivity index (χ1n) is 9.02. The number of hydrogen-bond donors (Lipinski definition) is 1. The largest absolute Gasteiger partial charge is 0.327 e. The lowest BCUT2D eigenvalue weighted by Crippen LogP contribution is -2.52. The minimum atomic E-state index is 0.188. The van der Waals surface area contributed by atoms with E-state index < -0.39 is 0 Å². The van der Waals surface area contributed by atoms with E-state index in [0.717, 1.165) is 42.8 Å². The van der Waals surface area contributed by atoms with E-state index in [9.17, 15) is 0 Å². The molecule has 0 aliphatic carbocycles. The summed E-state index contributed by atoms with van der Waals surface area (Å²) in [5.41, 5.74) is 11.1. The molecule has 1 saturated heterocycles. The molecule has 130 valence electrons. The van der Waals surface area contributed by atoms with E-state index in [4.69, 9.17) is 5.73 Å². The van der Waals surface area contributed by atoms with Crippen molar-refractivity contribution in [2.75, 3.05) is 13.1 Å². The lowest BCUT2D eigenvalue weighted by molar-refractivity contribution is 0.0899. The lowest BCUT2D eigenvalue weighted by Gasteiger charge is -2.42. The topological polar surface area (TPSA) is 47.1 Å². The van der Waals surface area contributed by atoms with Gasteiger partial charge in [0, 0.05) is 31.4 Å². The van der Waals surface area contributed by atoms with E-state index in [-0.39, 0.29) is 5.41 Å². The Bertz CT molecular complexity index is 863. The van der Waals surface area contributed by atoms with Crippen LogP contribution in [0.25, 0.3) is 16.7 Å². The van der Waals surface area contributed by atoms with E-state index in [0.29, 0.717) is 6.04 Å². The number of aromatic nitrogens is 2. The number of hydrogen-bond acceptors (Lipinski definition) is 3. The van der Waals surface area contributed by atoms with Gasteiger partial charge in [-0.1, -0.05) is 38.1 Å². The molecule has 0 amide bonds. The summed E-state index contributed by atoms with van der Waals surface area (Å²) in [6.45, 7) is 7.68. The molecule has 2 N–H and O–H groups in total. The van der Waals surface area contributed by atoms with Crippen LogP contribution < -0.4 is 5.73 Å². The predicted molar refractivity (Wildman–Crippen MR) is 103 cm³/mol. The molecule has 1 aromatic heterocycles. The molecule has 0 radical (unpaired) electrons. The minimum absolute atomic E-state index is 0.188. The van der Waals surface area contributed by atoms with Gasteiger partial charge in [0.2, 0.25) is 0 Å². The zero-order valence-electron chi connectivity index (χ0n) is 15.0. The van der Waals surface area contributed by atoms with Gasteiger partial charge in [-0.25, -0.2) is 4.98 Å². The molecule has 1 atom stereocenters. The monoisotopic (exact) mass is 334 g/mol. The molecule has 2 aromatic carbocycles. The van der Waals surface area contributed by atoms with E-state index in [1.807, 2.05) is 18.5 Å². The van der Waals surface area contributed by atoms with E-state index >= 15 is 0 Å². The Hall–Kier alpha value is -2.17. The quantitative estimate of drug-likeness (QED) is 0.796. The summed E-state index contributed by atoms with van der Waals surface area (Å²) in [6.07, 6.45) is 2.97. The van der Waals surface area contributed by atoms with Crippen molar-refractivity contribution in [3.63, 3.8) is 0 Å². The van der Waals surface area contributed by atoms with Crippen molar-refractivity contribution in [2.24, 2.45) is 11.1 Å². The number of imidazole rings is 1. The first-order valence-corrected chi connectivity index (χ1v) is 9.02. The molecule has 1 aliphatic rings. The van der Waals surface area contributed by atoms with Crippen LogP contribution in [0.1, 0.15) is 25.8 Å². The maximum Gasteiger partial charge on any atom is 0.100 e. The van der Waals surface area contributed by atoms with Crippen LogP contribution in [-0.4, -0.2) is 33.6 Å². The molecule has 4 heteroatoms. The summed E-state index contributed by atoms with van der Waals surface area (Å²) in [5, 5.41) is 0. The normalized spacial score (nSPS) is 20.8. The number of rotatable bonds is 3. The number of fused-ring (bicyclic) bond motifs is 1. The van der Waals surface area contributed by atoms with Crippen LogP contribution in [0.3, 0.4) is 0 Å².